The lowest BCUT2D eigenvalue weighted by molar-refractivity contribution is 0.0738. The van der Waals surface area contributed by atoms with Gasteiger partial charge in [0.25, 0.3) is 0 Å². The Hall–Kier alpha value is -2.14. The summed E-state index contributed by atoms with van der Waals surface area (Å²) in [5, 5.41) is 0. The molecule has 1 aromatic carbocycles. The second-order valence-electron chi connectivity index (χ2n) is 5.86. The third kappa shape index (κ3) is 3.45. The topological polar surface area (TPSA) is 69.4 Å². The van der Waals surface area contributed by atoms with E-state index in [0.29, 0.717) is 22.1 Å². The lowest BCUT2D eigenvalue weighted by Gasteiger charge is -2.19. The molecule has 2 aromatic rings. The van der Waals surface area contributed by atoms with Crippen LogP contribution in [-0.4, -0.2) is 11.9 Å². The van der Waals surface area contributed by atoms with Gasteiger partial charge in [0.1, 0.15) is 10.6 Å². The van der Waals surface area contributed by atoms with Crippen LogP contribution in [0.2, 0.25) is 0 Å². The number of fused-ring (bicyclic) bond motifs is 1. The van der Waals surface area contributed by atoms with Gasteiger partial charge in [0, 0.05) is 10.4 Å². The summed E-state index contributed by atoms with van der Waals surface area (Å²) in [6, 6.07) is 8.33. The number of thiophene rings is 1. The van der Waals surface area contributed by atoms with E-state index in [4.69, 9.17) is 10.5 Å². The van der Waals surface area contributed by atoms with Crippen LogP contribution in [-0.2, 0) is 12.8 Å². The van der Waals surface area contributed by atoms with Crippen LogP contribution in [0.5, 0.6) is 5.75 Å². The van der Waals surface area contributed by atoms with E-state index < -0.39 is 5.91 Å². The Balaban J connectivity index is 1.75. The number of primary amides is 1. The van der Waals surface area contributed by atoms with Crippen molar-refractivity contribution in [1.29, 1.82) is 0 Å². The summed E-state index contributed by atoms with van der Waals surface area (Å²) in [6.07, 6.45) is 4.46. The zero-order chi connectivity index (χ0) is 16.4. The fourth-order valence-corrected chi connectivity index (χ4v) is 4.00. The van der Waals surface area contributed by atoms with E-state index in [0.717, 1.165) is 12.8 Å². The van der Waals surface area contributed by atoms with E-state index >= 15 is 0 Å². The maximum absolute atomic E-state index is 12.3. The van der Waals surface area contributed by atoms with Crippen molar-refractivity contribution >= 4 is 23.2 Å². The minimum absolute atomic E-state index is 0.326. The van der Waals surface area contributed by atoms with Gasteiger partial charge in [0.2, 0.25) is 5.91 Å². The second-order valence-corrected chi connectivity index (χ2v) is 6.99. The van der Waals surface area contributed by atoms with Crippen molar-refractivity contribution in [1.82, 2.24) is 0 Å². The summed E-state index contributed by atoms with van der Waals surface area (Å²) in [5.74, 6) is 0.136. The molecular formula is C18H19NO3S. The number of rotatable bonds is 4. The third-order valence-corrected chi connectivity index (χ3v) is 5.51. The van der Waals surface area contributed by atoms with Gasteiger partial charge in [-0.2, -0.15) is 0 Å². The first-order chi connectivity index (χ1) is 11.1. The third-order valence-electron chi connectivity index (χ3n) is 4.29. The molecule has 1 heterocycles. The molecule has 2 N–H and O–H groups in total. The summed E-state index contributed by atoms with van der Waals surface area (Å²) in [4.78, 5) is 25.4. The predicted molar refractivity (Wildman–Crippen MR) is 90.0 cm³/mol. The highest BCUT2D eigenvalue weighted by atomic mass is 32.1. The fourth-order valence-electron chi connectivity index (χ4n) is 2.92. The first-order valence-electron chi connectivity index (χ1n) is 7.80. The molecule has 0 saturated carbocycles. The molecule has 3 rings (SSSR count). The lowest BCUT2D eigenvalue weighted by atomic mass is 9.87. The highest BCUT2D eigenvalue weighted by Gasteiger charge is 2.23. The van der Waals surface area contributed by atoms with E-state index in [1.165, 1.54) is 40.7 Å². The molecule has 0 saturated heterocycles. The molecule has 1 atom stereocenters. The normalized spacial score (nSPS) is 16.7. The largest absolute Gasteiger partial charge is 0.422 e. The van der Waals surface area contributed by atoms with Crippen LogP contribution in [0.25, 0.3) is 0 Å². The molecule has 4 nitrogen and oxygen atoms in total. The molecule has 1 aliphatic carbocycles. The van der Waals surface area contributed by atoms with Gasteiger partial charge in [-0.25, -0.2) is 4.79 Å². The van der Waals surface area contributed by atoms with Crippen molar-refractivity contribution in [2.45, 2.75) is 32.6 Å². The molecule has 0 bridgehead atoms. The van der Waals surface area contributed by atoms with Gasteiger partial charge in [-0.15, -0.1) is 11.3 Å². The first-order valence-corrected chi connectivity index (χ1v) is 8.62. The Morgan fingerprint density at radius 2 is 2.17 bits per heavy atom. The van der Waals surface area contributed by atoms with Gasteiger partial charge in [-0.05, 0) is 55.0 Å². The number of hydrogen-bond acceptors (Lipinski definition) is 4. The quantitative estimate of drug-likeness (QED) is 0.688. The first kappa shape index (κ1) is 15.7. The van der Waals surface area contributed by atoms with Crippen molar-refractivity contribution in [3.05, 3.63) is 51.2 Å². The summed E-state index contributed by atoms with van der Waals surface area (Å²) in [7, 11) is 0. The number of benzene rings is 1. The van der Waals surface area contributed by atoms with Gasteiger partial charge >= 0.3 is 5.97 Å². The molecule has 23 heavy (non-hydrogen) atoms. The van der Waals surface area contributed by atoms with Gasteiger partial charge in [-0.1, -0.05) is 19.4 Å². The van der Waals surface area contributed by atoms with Crippen LogP contribution >= 0.6 is 11.3 Å². The zero-order valence-corrected chi connectivity index (χ0v) is 13.8. The predicted octanol–water partition coefficient (Wildman–Crippen LogP) is 3.58. The molecule has 120 valence electrons. The van der Waals surface area contributed by atoms with Crippen molar-refractivity contribution in [3.8, 4) is 5.75 Å². The number of esters is 1. The smallest absolute Gasteiger partial charge is 0.353 e. The van der Waals surface area contributed by atoms with Crippen LogP contribution < -0.4 is 10.5 Å². The monoisotopic (exact) mass is 329 g/mol. The molecule has 0 aliphatic heterocycles. The number of carbonyl (C=O) groups excluding carboxylic acids is 2. The fraction of sp³-hybridized carbons (Fsp3) is 0.333. The van der Waals surface area contributed by atoms with Crippen LogP contribution in [0, 0.1) is 5.92 Å². The van der Waals surface area contributed by atoms with Crippen LogP contribution in [0.4, 0.5) is 0 Å². The second kappa shape index (κ2) is 6.54. The SMILES string of the molecule is CCC1CCc2sc(C(=O)Oc3cccc(C(N)=O)c3)cc2C1. The summed E-state index contributed by atoms with van der Waals surface area (Å²) >= 11 is 1.52. The van der Waals surface area contributed by atoms with Crippen molar-refractivity contribution in [2.24, 2.45) is 11.7 Å². The van der Waals surface area contributed by atoms with Crippen molar-refractivity contribution in [2.75, 3.05) is 0 Å². The molecule has 5 heteroatoms. The van der Waals surface area contributed by atoms with Crippen molar-refractivity contribution < 1.29 is 14.3 Å². The van der Waals surface area contributed by atoms with E-state index in [1.54, 1.807) is 18.2 Å². The lowest BCUT2D eigenvalue weighted by Crippen LogP contribution is -2.12. The molecule has 0 fully saturated rings. The number of aryl methyl sites for hydroxylation is 1. The average molecular weight is 329 g/mol. The summed E-state index contributed by atoms with van der Waals surface area (Å²) in [5.41, 5.74) is 6.85. The van der Waals surface area contributed by atoms with E-state index in [9.17, 15) is 9.59 Å². The zero-order valence-electron chi connectivity index (χ0n) is 13.0. The number of ether oxygens (including phenoxy) is 1. The highest BCUT2D eigenvalue weighted by Crippen LogP contribution is 2.34. The van der Waals surface area contributed by atoms with Gasteiger partial charge < -0.3 is 10.5 Å². The maximum Gasteiger partial charge on any atom is 0.353 e. The minimum Gasteiger partial charge on any atom is -0.422 e. The Labute approximate surface area is 139 Å². The van der Waals surface area contributed by atoms with Gasteiger partial charge in [0.05, 0.1) is 0 Å². The molecular weight excluding hydrogens is 310 g/mol. The minimum atomic E-state index is -0.542. The number of nitrogens with two attached hydrogens (primary N) is 1. The molecule has 1 amide bonds. The Morgan fingerprint density at radius 3 is 2.91 bits per heavy atom. The van der Waals surface area contributed by atoms with Gasteiger partial charge in [0.15, 0.2) is 0 Å². The van der Waals surface area contributed by atoms with E-state index in [1.807, 2.05) is 6.07 Å². The highest BCUT2D eigenvalue weighted by molar-refractivity contribution is 7.14. The number of hydrogen-bond donors (Lipinski definition) is 1. The standard InChI is InChI=1S/C18H19NO3S/c1-2-11-6-7-15-13(8-11)10-16(23-15)18(21)22-14-5-3-4-12(9-14)17(19)20/h3-5,9-11H,2,6-8H2,1H3,(H2,19,20). The number of carbonyl (C=O) groups is 2. The number of amides is 1. The van der Waals surface area contributed by atoms with Crippen LogP contribution in [0.15, 0.2) is 30.3 Å². The summed E-state index contributed by atoms with van der Waals surface area (Å²) in [6.45, 7) is 2.21. The molecule has 0 radical (unpaired) electrons. The van der Waals surface area contributed by atoms with E-state index in [2.05, 4.69) is 6.92 Å². The molecule has 1 aliphatic rings. The Bertz CT molecular complexity index is 750. The molecule has 0 spiro atoms. The van der Waals surface area contributed by atoms with Gasteiger partial charge in [-0.3, -0.25) is 4.79 Å². The maximum atomic E-state index is 12.3. The summed E-state index contributed by atoms with van der Waals surface area (Å²) < 4.78 is 5.39. The Morgan fingerprint density at radius 1 is 1.35 bits per heavy atom. The average Bonchev–Trinajstić information content (AvgIpc) is 2.98. The Kier molecular flexibility index (Phi) is 4.48. The molecule has 1 unspecified atom stereocenters. The molecule has 1 aromatic heterocycles. The van der Waals surface area contributed by atoms with Crippen molar-refractivity contribution in [3.63, 3.8) is 0 Å². The van der Waals surface area contributed by atoms with Crippen LogP contribution in [0.3, 0.4) is 0 Å². The van der Waals surface area contributed by atoms with E-state index in [-0.39, 0.29) is 5.97 Å². The van der Waals surface area contributed by atoms with Crippen LogP contribution in [0.1, 0.15) is 50.2 Å².